The Kier molecular flexibility index (Phi) is 5.21. The van der Waals surface area contributed by atoms with Gasteiger partial charge in [-0.25, -0.2) is 0 Å². The summed E-state index contributed by atoms with van der Waals surface area (Å²) in [6.07, 6.45) is 0. The molecule has 2 aromatic rings. The van der Waals surface area contributed by atoms with Gasteiger partial charge in [-0.3, -0.25) is 4.90 Å². The lowest BCUT2D eigenvalue weighted by atomic mass is 9.96. The third-order valence-corrected chi connectivity index (χ3v) is 3.91. The number of likely N-dealkylation sites (N-methyl/N-ethyl adjacent to an activating group) is 1. The van der Waals surface area contributed by atoms with E-state index in [-0.39, 0.29) is 6.04 Å². The number of hydrogen-bond acceptors (Lipinski definition) is 3. The maximum atomic E-state index is 6.07. The molecular weight excluding hydrogens is 260 g/mol. The summed E-state index contributed by atoms with van der Waals surface area (Å²) in [5, 5.41) is 2.37. The molecule has 3 heteroatoms. The van der Waals surface area contributed by atoms with Gasteiger partial charge in [0.15, 0.2) is 0 Å². The summed E-state index contributed by atoms with van der Waals surface area (Å²) in [7, 11) is 3.86. The summed E-state index contributed by atoms with van der Waals surface area (Å²) in [6, 6.07) is 12.8. The van der Waals surface area contributed by atoms with Gasteiger partial charge in [-0.1, -0.05) is 44.2 Å². The molecule has 0 amide bonds. The van der Waals surface area contributed by atoms with Crippen molar-refractivity contribution in [3.8, 4) is 5.75 Å². The highest BCUT2D eigenvalue weighted by atomic mass is 16.5. The van der Waals surface area contributed by atoms with Crippen LogP contribution < -0.4 is 10.5 Å². The summed E-state index contributed by atoms with van der Waals surface area (Å²) >= 11 is 0. The summed E-state index contributed by atoms with van der Waals surface area (Å²) in [5.74, 6) is 1.53. The van der Waals surface area contributed by atoms with E-state index in [4.69, 9.17) is 10.5 Å². The third-order valence-electron chi connectivity index (χ3n) is 3.91. The van der Waals surface area contributed by atoms with Crippen LogP contribution in [0.1, 0.15) is 25.5 Å². The number of hydrogen-bond donors (Lipinski definition) is 1. The fourth-order valence-corrected chi connectivity index (χ4v) is 3.01. The topological polar surface area (TPSA) is 38.5 Å². The zero-order chi connectivity index (χ0) is 15.4. The minimum absolute atomic E-state index is 0.225. The van der Waals surface area contributed by atoms with Gasteiger partial charge in [0.1, 0.15) is 5.75 Å². The molecule has 0 aliphatic carbocycles. The zero-order valence-electron chi connectivity index (χ0n) is 13.5. The molecule has 0 radical (unpaired) electrons. The van der Waals surface area contributed by atoms with Crippen molar-refractivity contribution in [1.82, 2.24) is 4.90 Å². The molecule has 0 aromatic heterocycles. The monoisotopic (exact) mass is 286 g/mol. The molecule has 2 N–H and O–H groups in total. The first-order valence-electron chi connectivity index (χ1n) is 7.54. The molecule has 2 aromatic carbocycles. The predicted molar refractivity (Wildman–Crippen MR) is 89.8 cm³/mol. The highest BCUT2D eigenvalue weighted by Crippen LogP contribution is 2.33. The van der Waals surface area contributed by atoms with Crippen LogP contribution in [-0.4, -0.2) is 32.1 Å². The fourth-order valence-electron chi connectivity index (χ4n) is 3.01. The Morgan fingerprint density at radius 2 is 1.76 bits per heavy atom. The number of rotatable bonds is 6. The molecule has 0 bridgehead atoms. The lowest BCUT2D eigenvalue weighted by molar-refractivity contribution is 0.225. The van der Waals surface area contributed by atoms with Crippen LogP contribution in [0.3, 0.4) is 0 Å². The van der Waals surface area contributed by atoms with Crippen molar-refractivity contribution in [3.05, 3.63) is 42.0 Å². The Morgan fingerprint density at radius 3 is 2.33 bits per heavy atom. The largest absolute Gasteiger partial charge is 0.496 e. The van der Waals surface area contributed by atoms with E-state index in [9.17, 15) is 0 Å². The molecule has 0 spiro atoms. The predicted octanol–water partition coefficient (Wildman–Crippen LogP) is 3.44. The normalized spacial score (nSPS) is 13.1. The van der Waals surface area contributed by atoms with E-state index in [2.05, 4.69) is 50.1 Å². The first-order valence-corrected chi connectivity index (χ1v) is 7.54. The van der Waals surface area contributed by atoms with Gasteiger partial charge in [0.05, 0.1) is 7.11 Å². The average molecular weight is 286 g/mol. The minimum Gasteiger partial charge on any atom is -0.496 e. The molecule has 0 saturated heterocycles. The zero-order valence-corrected chi connectivity index (χ0v) is 13.5. The first-order chi connectivity index (χ1) is 10.1. The number of nitrogens with two attached hydrogens (primary N) is 1. The second kappa shape index (κ2) is 6.92. The van der Waals surface area contributed by atoms with Crippen molar-refractivity contribution in [2.24, 2.45) is 11.7 Å². The van der Waals surface area contributed by atoms with Crippen molar-refractivity contribution in [3.63, 3.8) is 0 Å². The smallest absolute Gasteiger partial charge is 0.126 e. The molecule has 0 saturated carbocycles. The van der Waals surface area contributed by atoms with Crippen LogP contribution >= 0.6 is 0 Å². The Balaban J connectivity index is 2.49. The van der Waals surface area contributed by atoms with Crippen molar-refractivity contribution in [2.75, 3.05) is 27.2 Å². The van der Waals surface area contributed by atoms with Gasteiger partial charge in [0.2, 0.25) is 0 Å². The van der Waals surface area contributed by atoms with Crippen LogP contribution in [0, 0.1) is 5.92 Å². The van der Waals surface area contributed by atoms with E-state index < -0.39 is 0 Å². The van der Waals surface area contributed by atoms with Gasteiger partial charge in [-0.05, 0) is 30.0 Å². The van der Waals surface area contributed by atoms with E-state index in [1.807, 2.05) is 12.1 Å². The van der Waals surface area contributed by atoms with Crippen LogP contribution in [0.2, 0.25) is 0 Å². The third kappa shape index (κ3) is 3.36. The molecule has 2 rings (SSSR count). The summed E-state index contributed by atoms with van der Waals surface area (Å²) < 4.78 is 5.48. The molecule has 3 nitrogen and oxygen atoms in total. The maximum Gasteiger partial charge on any atom is 0.126 e. The Bertz CT molecular complexity index is 595. The molecule has 0 heterocycles. The van der Waals surface area contributed by atoms with Gasteiger partial charge in [-0.15, -0.1) is 0 Å². The average Bonchev–Trinajstić information content (AvgIpc) is 2.47. The summed E-state index contributed by atoms with van der Waals surface area (Å²) in [4.78, 5) is 2.35. The van der Waals surface area contributed by atoms with Crippen LogP contribution in [0.25, 0.3) is 10.8 Å². The van der Waals surface area contributed by atoms with Gasteiger partial charge in [-0.2, -0.15) is 0 Å². The van der Waals surface area contributed by atoms with Crippen LogP contribution in [0.4, 0.5) is 0 Å². The Morgan fingerprint density at radius 1 is 1.10 bits per heavy atom. The molecule has 114 valence electrons. The molecule has 0 fully saturated rings. The molecule has 0 aliphatic heterocycles. The quantitative estimate of drug-likeness (QED) is 0.884. The molecule has 1 unspecified atom stereocenters. The first kappa shape index (κ1) is 15.8. The van der Waals surface area contributed by atoms with Crippen molar-refractivity contribution < 1.29 is 4.74 Å². The number of benzene rings is 2. The van der Waals surface area contributed by atoms with Crippen LogP contribution in [0.15, 0.2) is 36.4 Å². The highest BCUT2D eigenvalue weighted by Gasteiger charge is 2.19. The number of fused-ring (bicyclic) bond motifs is 1. The van der Waals surface area contributed by atoms with E-state index >= 15 is 0 Å². The molecular formula is C18H26N2O. The minimum atomic E-state index is 0.225. The maximum absolute atomic E-state index is 6.07. The lowest BCUT2D eigenvalue weighted by Gasteiger charge is -2.30. The second-order valence-corrected chi connectivity index (χ2v) is 5.99. The van der Waals surface area contributed by atoms with Crippen molar-refractivity contribution >= 4 is 10.8 Å². The lowest BCUT2D eigenvalue weighted by Crippen LogP contribution is -2.33. The second-order valence-electron chi connectivity index (χ2n) is 5.99. The number of methoxy groups -OCH3 is 1. The van der Waals surface area contributed by atoms with Crippen molar-refractivity contribution in [1.29, 1.82) is 0 Å². The molecule has 21 heavy (non-hydrogen) atoms. The highest BCUT2D eigenvalue weighted by molar-refractivity contribution is 5.91. The van der Waals surface area contributed by atoms with E-state index in [0.29, 0.717) is 12.5 Å². The van der Waals surface area contributed by atoms with E-state index in [0.717, 1.165) is 17.7 Å². The van der Waals surface area contributed by atoms with Gasteiger partial charge >= 0.3 is 0 Å². The van der Waals surface area contributed by atoms with Gasteiger partial charge < -0.3 is 10.5 Å². The van der Waals surface area contributed by atoms with Crippen molar-refractivity contribution in [2.45, 2.75) is 19.9 Å². The van der Waals surface area contributed by atoms with E-state index in [1.54, 1.807) is 7.11 Å². The molecule has 0 aliphatic rings. The van der Waals surface area contributed by atoms with Crippen LogP contribution in [-0.2, 0) is 0 Å². The fraction of sp³-hybridized carbons (Fsp3) is 0.444. The standard InChI is InChI=1S/C18H26N2O/c1-13(2)12-20(3)17(11-19)15-9-10-18(21-4)16-8-6-5-7-14(15)16/h5-10,13,17H,11-12,19H2,1-4H3. The van der Waals surface area contributed by atoms with Crippen LogP contribution in [0.5, 0.6) is 5.75 Å². The number of nitrogens with zero attached hydrogens (tertiary/aromatic N) is 1. The SMILES string of the molecule is COc1ccc(C(CN)N(C)CC(C)C)c2ccccc12. The Labute approximate surface area is 127 Å². The van der Waals surface area contributed by atoms with Gasteiger partial charge in [0.25, 0.3) is 0 Å². The Hall–Kier alpha value is -1.58. The molecule has 1 atom stereocenters. The summed E-state index contributed by atoms with van der Waals surface area (Å²) in [6.45, 7) is 6.11. The number of ether oxygens (including phenoxy) is 1. The summed E-state index contributed by atoms with van der Waals surface area (Å²) in [5.41, 5.74) is 7.35. The van der Waals surface area contributed by atoms with Gasteiger partial charge in [0, 0.05) is 24.5 Å². The van der Waals surface area contributed by atoms with E-state index in [1.165, 1.54) is 10.9 Å².